The van der Waals surface area contributed by atoms with Crippen LogP contribution in [-0.2, 0) is 4.74 Å². The Morgan fingerprint density at radius 3 is 2.34 bits per heavy atom. The van der Waals surface area contributed by atoms with E-state index in [2.05, 4.69) is 33.9 Å². The van der Waals surface area contributed by atoms with Gasteiger partial charge in [0.25, 0.3) is 11.8 Å². The number of carbonyl (C=O) groups is 3. The molecule has 3 aliphatic heterocycles. The van der Waals surface area contributed by atoms with Crippen LogP contribution in [0.3, 0.4) is 0 Å². The minimum absolute atomic E-state index is 0.0624. The predicted octanol–water partition coefficient (Wildman–Crippen LogP) is 7.33. The van der Waals surface area contributed by atoms with Crippen molar-refractivity contribution in [2.45, 2.75) is 80.0 Å². The van der Waals surface area contributed by atoms with Gasteiger partial charge < -0.3 is 39.0 Å². The molecular weight excluding hydrogens is 825 g/mol. The van der Waals surface area contributed by atoms with Gasteiger partial charge in [-0.2, -0.15) is 0 Å². The zero-order valence-corrected chi connectivity index (χ0v) is 35.9. The number of fused-ring (bicyclic) bond motifs is 3. The van der Waals surface area contributed by atoms with Crippen LogP contribution in [0.5, 0.6) is 23.0 Å². The molecule has 1 spiro atoms. The van der Waals surface area contributed by atoms with Crippen LogP contribution in [-0.4, -0.2) is 108 Å². The number of methoxy groups -OCH3 is 2. The molecule has 4 aliphatic rings. The topological polar surface area (TPSA) is 194 Å². The minimum atomic E-state index is -1.41. The van der Waals surface area contributed by atoms with Crippen LogP contribution in [0.1, 0.15) is 72.6 Å². The molecule has 324 valence electrons. The first-order valence-electron chi connectivity index (χ1n) is 20.0. The van der Waals surface area contributed by atoms with Gasteiger partial charge in [0.1, 0.15) is 5.03 Å². The fourth-order valence-corrected chi connectivity index (χ4v) is 9.68. The zero-order valence-electron chi connectivity index (χ0n) is 34.3. The first-order valence-corrected chi connectivity index (χ1v) is 22.2. The van der Waals surface area contributed by atoms with E-state index in [0.29, 0.717) is 85.1 Å². The predicted molar refractivity (Wildman–Crippen MR) is 233 cm³/mol. The van der Waals surface area contributed by atoms with Gasteiger partial charge in [-0.05, 0) is 80.0 Å². The standard InChI is InChI=1S/C43H50N6O10S2/c1-25-15-33-41(52)49(42(53)59-14-11-27(3)60-61-38-10-9-28(47-54)22-44-38)32-19-37(35(56-5)17-30(32)40(51)48(33)23-25)58-13-8-6-7-12-57-36-18-31-29(16-34(36)55-4)39(50)46-43(24-45-31)20-26(2)21-43/h9-10,16-19,22,24,27,33,41,47,52,54H,1-2,6-8,11-15,20-21,23H2,3-5H3,(H,46,50)/t27-,33+,41+/m1/s1. The van der Waals surface area contributed by atoms with Gasteiger partial charge in [0.05, 0.1) is 80.0 Å². The third-order valence-electron chi connectivity index (χ3n) is 10.8. The molecule has 7 rings (SSSR count). The number of aromatic nitrogens is 1. The molecule has 3 amide bonds. The second-order valence-electron chi connectivity index (χ2n) is 15.4. The summed E-state index contributed by atoms with van der Waals surface area (Å²) in [6, 6.07) is 9.23. The second kappa shape index (κ2) is 19.1. The van der Waals surface area contributed by atoms with Gasteiger partial charge in [-0.15, -0.1) is 0 Å². The van der Waals surface area contributed by atoms with Gasteiger partial charge in [-0.1, -0.05) is 42.0 Å². The van der Waals surface area contributed by atoms with Crippen molar-refractivity contribution < 1.29 is 48.4 Å². The Morgan fingerprint density at radius 1 is 0.984 bits per heavy atom. The lowest BCUT2D eigenvalue weighted by Gasteiger charge is -2.40. The minimum Gasteiger partial charge on any atom is -0.493 e. The molecule has 1 saturated heterocycles. The number of amides is 3. The van der Waals surface area contributed by atoms with E-state index in [1.807, 2.05) is 6.92 Å². The summed E-state index contributed by atoms with van der Waals surface area (Å²) in [6.07, 6.45) is 5.31. The lowest BCUT2D eigenvalue weighted by molar-refractivity contribution is 0.0489. The van der Waals surface area contributed by atoms with Crippen molar-refractivity contribution in [3.8, 4) is 23.0 Å². The average Bonchev–Trinajstić information content (AvgIpc) is 3.55. The van der Waals surface area contributed by atoms with Crippen LogP contribution in [0.15, 0.2) is 76.9 Å². The number of nitrogens with zero attached hydrogens (tertiary/aromatic N) is 4. The highest BCUT2D eigenvalue weighted by Crippen LogP contribution is 2.43. The van der Waals surface area contributed by atoms with E-state index < -0.39 is 23.9 Å². The first-order chi connectivity index (χ1) is 29.4. The Morgan fingerprint density at radius 2 is 1.69 bits per heavy atom. The number of rotatable bonds is 17. The highest BCUT2D eigenvalue weighted by Gasteiger charge is 2.46. The Labute approximate surface area is 362 Å². The number of benzene rings is 2. The number of nitrogens with one attached hydrogen (secondary N) is 2. The lowest BCUT2D eigenvalue weighted by Crippen LogP contribution is -2.55. The molecule has 61 heavy (non-hydrogen) atoms. The third kappa shape index (κ3) is 9.72. The van der Waals surface area contributed by atoms with Crippen molar-refractivity contribution in [3.63, 3.8) is 0 Å². The lowest BCUT2D eigenvalue weighted by atomic mass is 9.74. The van der Waals surface area contributed by atoms with Crippen molar-refractivity contribution in [1.29, 1.82) is 0 Å². The van der Waals surface area contributed by atoms with Gasteiger partial charge >= 0.3 is 6.09 Å². The number of aliphatic imine (C=N–C) groups is 1. The first kappa shape index (κ1) is 43.7. The molecule has 2 aromatic carbocycles. The number of pyridine rings is 1. The summed E-state index contributed by atoms with van der Waals surface area (Å²) in [5.41, 5.74) is 5.11. The molecule has 0 radical (unpaired) electrons. The molecule has 0 bridgehead atoms. The van der Waals surface area contributed by atoms with Crippen molar-refractivity contribution >= 4 is 62.8 Å². The van der Waals surface area contributed by atoms with Crippen molar-refractivity contribution in [3.05, 3.63) is 78.0 Å². The Bertz CT molecular complexity index is 2200. The second-order valence-corrected chi connectivity index (χ2v) is 18.1. The van der Waals surface area contributed by atoms with Crippen LogP contribution in [0.25, 0.3) is 0 Å². The molecule has 3 aromatic rings. The van der Waals surface area contributed by atoms with E-state index in [-0.39, 0.29) is 48.1 Å². The van der Waals surface area contributed by atoms with E-state index in [0.717, 1.165) is 27.5 Å². The van der Waals surface area contributed by atoms with Crippen LogP contribution >= 0.6 is 21.6 Å². The van der Waals surface area contributed by atoms with Crippen LogP contribution in [0.4, 0.5) is 21.9 Å². The van der Waals surface area contributed by atoms with E-state index in [1.165, 1.54) is 42.2 Å². The number of hydrogen-bond donors (Lipinski definition) is 4. The number of aliphatic hydroxyl groups is 1. The van der Waals surface area contributed by atoms with E-state index in [1.54, 1.807) is 47.3 Å². The SMILES string of the molecule is C=C1C[C@H]2[C@H](O)N(C(=O)OCC[C@@H](C)SSc3ccc(NO)cn3)c3cc(OCCCCCOc4cc5c(cc4OC)C(=O)NC4(C=N5)CC(=C)C4)c(OC)cc3C(=O)N2C1. The molecule has 4 heterocycles. The van der Waals surface area contributed by atoms with E-state index in [9.17, 15) is 19.5 Å². The smallest absolute Gasteiger partial charge is 0.416 e. The van der Waals surface area contributed by atoms with Gasteiger partial charge in [0, 0.05) is 30.1 Å². The number of carbonyl (C=O) groups excluding carboxylic acids is 3. The van der Waals surface area contributed by atoms with Gasteiger partial charge in [-0.3, -0.25) is 25.3 Å². The van der Waals surface area contributed by atoms with Crippen molar-refractivity contribution in [1.82, 2.24) is 15.2 Å². The summed E-state index contributed by atoms with van der Waals surface area (Å²) in [5.74, 6) is 0.933. The Balaban J connectivity index is 0.963. The molecule has 1 aromatic heterocycles. The summed E-state index contributed by atoms with van der Waals surface area (Å²) >= 11 is 0. The maximum absolute atomic E-state index is 14.0. The average molecular weight is 875 g/mol. The third-order valence-corrected chi connectivity index (χ3v) is 13.7. The number of aliphatic hydroxyl groups excluding tert-OH is 1. The monoisotopic (exact) mass is 874 g/mol. The summed E-state index contributed by atoms with van der Waals surface area (Å²) in [5, 5.41) is 24.6. The van der Waals surface area contributed by atoms with Gasteiger partial charge in [-0.25, -0.2) is 14.7 Å². The molecule has 0 unspecified atom stereocenters. The number of unbranched alkanes of at least 4 members (excludes halogenated alkanes) is 2. The molecule has 16 nitrogen and oxygen atoms in total. The number of hydrogen-bond acceptors (Lipinski definition) is 15. The maximum atomic E-state index is 14.0. The molecule has 1 aliphatic carbocycles. The largest absolute Gasteiger partial charge is 0.493 e. The highest BCUT2D eigenvalue weighted by molar-refractivity contribution is 8.76. The summed E-state index contributed by atoms with van der Waals surface area (Å²) in [6.45, 7) is 11.0. The Kier molecular flexibility index (Phi) is 13.7. The van der Waals surface area contributed by atoms with Crippen LogP contribution in [0, 0.1) is 0 Å². The normalized spacial score (nSPS) is 19.2. The van der Waals surface area contributed by atoms with Crippen molar-refractivity contribution in [2.24, 2.45) is 4.99 Å². The maximum Gasteiger partial charge on any atom is 0.416 e. The Hall–Kier alpha value is -5.43. The number of anilines is 2. The zero-order chi connectivity index (χ0) is 43.3. The van der Waals surface area contributed by atoms with Crippen LogP contribution < -0.4 is 34.6 Å². The van der Waals surface area contributed by atoms with E-state index in [4.69, 9.17) is 28.9 Å². The molecular formula is C43H50N6O10S2. The summed E-state index contributed by atoms with van der Waals surface area (Å²) in [4.78, 5) is 52.4. The highest BCUT2D eigenvalue weighted by atomic mass is 33.1. The summed E-state index contributed by atoms with van der Waals surface area (Å²) < 4.78 is 29.2. The fraction of sp³-hybridized carbons (Fsp3) is 0.419. The van der Waals surface area contributed by atoms with Gasteiger partial charge in [0.15, 0.2) is 29.2 Å². The van der Waals surface area contributed by atoms with Gasteiger partial charge in [0.2, 0.25) is 0 Å². The molecule has 18 heteroatoms. The molecule has 3 atom stereocenters. The molecule has 1 saturated carbocycles. The quantitative estimate of drug-likeness (QED) is 0.0456. The fourth-order valence-electron chi connectivity index (χ4n) is 7.64. The van der Waals surface area contributed by atoms with Crippen LogP contribution in [0.2, 0.25) is 0 Å². The molecule has 4 N–H and O–H groups in total. The summed E-state index contributed by atoms with van der Waals surface area (Å²) in [7, 11) is 6.02. The number of ether oxygens (including phenoxy) is 5. The van der Waals surface area contributed by atoms with Crippen molar-refractivity contribution in [2.75, 3.05) is 51.0 Å². The van der Waals surface area contributed by atoms with E-state index >= 15 is 0 Å². The molecule has 2 fully saturated rings.